The maximum Gasteiger partial charge on any atom is 0.247 e. The lowest BCUT2D eigenvalue weighted by Gasteiger charge is -2.18. The molecule has 0 fully saturated rings. The molecule has 0 saturated carbocycles. The highest BCUT2D eigenvalue weighted by Crippen LogP contribution is 2.39. The van der Waals surface area contributed by atoms with Crippen molar-refractivity contribution in [1.29, 1.82) is 0 Å². The summed E-state index contributed by atoms with van der Waals surface area (Å²) in [6.45, 7) is 6.55. The van der Waals surface area contributed by atoms with Gasteiger partial charge in [0.1, 0.15) is 24.2 Å². The van der Waals surface area contributed by atoms with Crippen LogP contribution in [0.1, 0.15) is 25.0 Å². The average molecular weight is 399 g/mol. The minimum atomic E-state index is -0.334. The van der Waals surface area contributed by atoms with E-state index in [0.717, 1.165) is 11.3 Å². The number of nitrogens with zero attached hydrogens (tertiary/aromatic N) is 4. The summed E-state index contributed by atoms with van der Waals surface area (Å²) in [5.41, 5.74) is 3.09. The van der Waals surface area contributed by atoms with Crippen molar-refractivity contribution in [1.82, 2.24) is 19.9 Å². The van der Waals surface area contributed by atoms with Crippen molar-refractivity contribution in [2.45, 2.75) is 39.3 Å². The van der Waals surface area contributed by atoms with Crippen molar-refractivity contribution in [3.8, 4) is 17.4 Å². The summed E-state index contributed by atoms with van der Waals surface area (Å²) in [6, 6.07) is 4.02. The molecule has 29 heavy (non-hydrogen) atoms. The van der Waals surface area contributed by atoms with E-state index < -0.39 is 0 Å². The van der Waals surface area contributed by atoms with Gasteiger partial charge in [0, 0.05) is 35.9 Å². The smallest absolute Gasteiger partial charge is 0.247 e. The summed E-state index contributed by atoms with van der Waals surface area (Å²) < 4.78 is 28.6. The van der Waals surface area contributed by atoms with Gasteiger partial charge in [-0.05, 0) is 46.4 Å². The zero-order valence-electron chi connectivity index (χ0n) is 17.4. The molecule has 0 radical (unpaired) electrons. The number of aromatic nitrogens is 3. The number of fused-ring (bicyclic) bond motifs is 2. The quantitative estimate of drug-likeness (QED) is 0.686. The molecule has 2 atom stereocenters. The van der Waals surface area contributed by atoms with Crippen LogP contribution in [-0.2, 0) is 6.42 Å². The van der Waals surface area contributed by atoms with Crippen LogP contribution in [0.15, 0.2) is 24.7 Å². The van der Waals surface area contributed by atoms with Gasteiger partial charge in [0.05, 0.1) is 6.20 Å². The topological polar surface area (TPSA) is 63.9 Å². The van der Waals surface area contributed by atoms with Crippen molar-refractivity contribution in [2.24, 2.45) is 0 Å². The molecule has 1 aliphatic heterocycles. The predicted octanol–water partition coefficient (Wildman–Crippen LogP) is 3.34. The predicted molar refractivity (Wildman–Crippen MR) is 110 cm³/mol. The molecule has 3 heterocycles. The van der Waals surface area contributed by atoms with Gasteiger partial charge in [-0.1, -0.05) is 0 Å². The van der Waals surface area contributed by atoms with Gasteiger partial charge in [-0.2, -0.15) is 10.1 Å². The summed E-state index contributed by atoms with van der Waals surface area (Å²) in [7, 11) is 3.86. The van der Waals surface area contributed by atoms with Gasteiger partial charge >= 0.3 is 0 Å². The number of anilines is 1. The Labute approximate surface area is 169 Å². The van der Waals surface area contributed by atoms with Crippen LogP contribution in [0, 0.1) is 12.7 Å². The summed E-state index contributed by atoms with van der Waals surface area (Å²) in [4.78, 5) is 6.33. The fourth-order valence-corrected chi connectivity index (χ4v) is 3.59. The molecule has 8 heteroatoms. The van der Waals surface area contributed by atoms with E-state index >= 15 is 4.39 Å². The standard InChI is InChI=1S/C21H26FN5O2/c1-12(23-4)10-28-18-9-27-20(14(18)3)21(24-11-25-27)29-17-7-6-16-15(19(17)22)8-13(2)26(16)5/h6-7,9,11-13,23H,8,10H2,1-5H3. The SMILES string of the molecule is CNC(C)COc1cn2ncnc(Oc3ccc4c(c3F)CC(C)N4C)c2c1C. The van der Waals surface area contributed by atoms with E-state index in [9.17, 15) is 0 Å². The molecule has 154 valence electrons. The molecular formula is C21H26FN5O2. The molecular weight excluding hydrogens is 373 g/mol. The monoisotopic (exact) mass is 399 g/mol. The first-order valence-corrected chi connectivity index (χ1v) is 9.75. The Morgan fingerprint density at radius 3 is 2.90 bits per heavy atom. The van der Waals surface area contributed by atoms with Crippen molar-refractivity contribution in [3.63, 3.8) is 0 Å². The largest absolute Gasteiger partial charge is 0.490 e. The second kappa shape index (κ2) is 7.51. The van der Waals surface area contributed by atoms with Gasteiger partial charge in [0.15, 0.2) is 11.6 Å². The summed E-state index contributed by atoms with van der Waals surface area (Å²) >= 11 is 0. The first-order chi connectivity index (χ1) is 13.9. The zero-order valence-corrected chi connectivity index (χ0v) is 17.4. The van der Waals surface area contributed by atoms with Crippen LogP contribution in [-0.4, -0.2) is 47.4 Å². The van der Waals surface area contributed by atoms with Gasteiger partial charge in [-0.25, -0.2) is 8.91 Å². The third-order valence-electron chi connectivity index (χ3n) is 5.66. The molecule has 1 aromatic carbocycles. The first kappa shape index (κ1) is 19.4. The Kier molecular flexibility index (Phi) is 5.04. The van der Waals surface area contributed by atoms with Gasteiger partial charge in [0.2, 0.25) is 5.88 Å². The van der Waals surface area contributed by atoms with Crippen LogP contribution >= 0.6 is 0 Å². The molecule has 1 N–H and O–H groups in total. The second-order valence-corrected chi connectivity index (χ2v) is 7.62. The van der Waals surface area contributed by atoms with E-state index in [4.69, 9.17) is 9.47 Å². The zero-order chi connectivity index (χ0) is 20.7. The minimum absolute atomic E-state index is 0.165. The molecule has 4 rings (SSSR count). The van der Waals surface area contributed by atoms with Crippen LogP contribution in [0.2, 0.25) is 0 Å². The summed E-state index contributed by atoms with van der Waals surface area (Å²) in [5, 5.41) is 7.38. The number of aryl methyl sites for hydroxylation is 1. The van der Waals surface area contributed by atoms with Crippen molar-refractivity contribution < 1.29 is 13.9 Å². The Bertz CT molecular complexity index is 1050. The Hall–Kier alpha value is -2.87. The summed E-state index contributed by atoms with van der Waals surface area (Å²) in [6.07, 6.45) is 3.83. The van der Waals surface area contributed by atoms with Gasteiger partial charge in [0.25, 0.3) is 0 Å². The highest BCUT2D eigenvalue weighted by molar-refractivity contribution is 5.68. The van der Waals surface area contributed by atoms with Gasteiger partial charge < -0.3 is 19.7 Å². The molecule has 2 aromatic heterocycles. The Morgan fingerprint density at radius 1 is 1.34 bits per heavy atom. The number of halogens is 1. The molecule has 0 aliphatic carbocycles. The highest BCUT2D eigenvalue weighted by Gasteiger charge is 2.28. The minimum Gasteiger partial charge on any atom is -0.490 e. The third kappa shape index (κ3) is 3.37. The van der Waals surface area contributed by atoms with E-state index in [1.807, 2.05) is 34.0 Å². The normalized spacial score (nSPS) is 16.9. The lowest BCUT2D eigenvalue weighted by atomic mass is 10.1. The number of hydrogen-bond donors (Lipinski definition) is 1. The van der Waals surface area contributed by atoms with Crippen LogP contribution in [0.5, 0.6) is 17.4 Å². The maximum absolute atomic E-state index is 15.1. The average Bonchev–Trinajstić information content (AvgIpc) is 3.20. The van der Waals surface area contributed by atoms with Crippen molar-refractivity contribution in [2.75, 3.05) is 25.6 Å². The molecule has 3 aromatic rings. The Balaban J connectivity index is 1.67. The van der Waals surface area contributed by atoms with Crippen molar-refractivity contribution in [3.05, 3.63) is 41.6 Å². The molecule has 7 nitrogen and oxygen atoms in total. The van der Waals surface area contributed by atoms with E-state index in [-0.39, 0.29) is 23.7 Å². The first-order valence-electron chi connectivity index (χ1n) is 9.75. The lowest BCUT2D eigenvalue weighted by Crippen LogP contribution is -2.28. The lowest BCUT2D eigenvalue weighted by molar-refractivity contribution is 0.278. The molecule has 0 bridgehead atoms. The van der Waals surface area contributed by atoms with Crippen LogP contribution in [0.4, 0.5) is 10.1 Å². The van der Waals surface area contributed by atoms with E-state index in [2.05, 4.69) is 27.2 Å². The summed E-state index contributed by atoms with van der Waals surface area (Å²) in [5.74, 6) is 0.826. The fraction of sp³-hybridized carbons (Fsp3) is 0.429. The highest BCUT2D eigenvalue weighted by atomic mass is 19.1. The maximum atomic E-state index is 15.1. The van der Waals surface area contributed by atoms with Crippen LogP contribution in [0.3, 0.4) is 0 Å². The third-order valence-corrected chi connectivity index (χ3v) is 5.66. The second-order valence-electron chi connectivity index (χ2n) is 7.62. The van der Waals surface area contributed by atoms with E-state index in [1.54, 1.807) is 16.8 Å². The number of benzene rings is 1. The van der Waals surface area contributed by atoms with Crippen LogP contribution < -0.4 is 19.7 Å². The number of nitrogens with one attached hydrogen (secondary N) is 1. The van der Waals surface area contributed by atoms with Gasteiger partial charge in [-0.15, -0.1) is 0 Å². The molecule has 0 spiro atoms. The fourth-order valence-electron chi connectivity index (χ4n) is 3.59. The van der Waals surface area contributed by atoms with E-state index in [1.165, 1.54) is 6.33 Å². The van der Waals surface area contributed by atoms with Crippen molar-refractivity contribution >= 4 is 11.2 Å². The van der Waals surface area contributed by atoms with E-state index in [0.29, 0.717) is 35.7 Å². The number of hydrogen-bond acceptors (Lipinski definition) is 6. The molecule has 0 saturated heterocycles. The van der Waals surface area contributed by atoms with Crippen LogP contribution in [0.25, 0.3) is 5.52 Å². The number of rotatable bonds is 6. The number of ether oxygens (including phenoxy) is 2. The molecule has 1 aliphatic rings. The molecule has 0 amide bonds. The molecule has 2 unspecified atom stereocenters. The Morgan fingerprint density at radius 2 is 2.14 bits per heavy atom. The number of likely N-dealkylation sites (N-methyl/N-ethyl adjacent to an activating group) is 2. The van der Waals surface area contributed by atoms with Gasteiger partial charge in [-0.3, -0.25) is 0 Å².